The predicted octanol–water partition coefficient (Wildman–Crippen LogP) is 2.13. The van der Waals surface area contributed by atoms with Crippen molar-refractivity contribution in [1.29, 1.82) is 0 Å². The summed E-state index contributed by atoms with van der Waals surface area (Å²) < 4.78 is 5.57. The van der Waals surface area contributed by atoms with Gasteiger partial charge in [0.1, 0.15) is 0 Å². The van der Waals surface area contributed by atoms with Gasteiger partial charge in [-0.15, -0.1) is 12.3 Å². The van der Waals surface area contributed by atoms with E-state index >= 15 is 0 Å². The van der Waals surface area contributed by atoms with Crippen LogP contribution >= 0.6 is 0 Å². The fraction of sp³-hybridized carbons (Fsp3) is 0.300. The summed E-state index contributed by atoms with van der Waals surface area (Å²) in [7, 11) is 0. The number of pyridine rings is 2. The molecule has 1 aliphatic rings. The number of carbonyl (C=O) groups is 2. The molecule has 1 fully saturated rings. The lowest BCUT2D eigenvalue weighted by molar-refractivity contribution is -0.154. The van der Waals surface area contributed by atoms with Gasteiger partial charge in [-0.3, -0.25) is 19.6 Å². The average molecular weight is 349 g/mol. The summed E-state index contributed by atoms with van der Waals surface area (Å²) in [5.41, 5.74) is 1.39. The molecule has 1 aliphatic heterocycles. The quantitative estimate of drug-likeness (QED) is 0.590. The van der Waals surface area contributed by atoms with Crippen molar-refractivity contribution in [2.24, 2.45) is 5.92 Å². The van der Waals surface area contributed by atoms with E-state index in [0.717, 1.165) is 5.69 Å². The van der Waals surface area contributed by atoms with Crippen molar-refractivity contribution in [2.75, 3.05) is 6.54 Å². The van der Waals surface area contributed by atoms with Gasteiger partial charge in [0, 0.05) is 25.4 Å². The standard InChI is InChI=1S/C20H19N3O3/c1-2-7-18(17-9-4-6-11-22-17)26-20(25)15-12-19(24)23(13-15)14-16-8-3-5-10-21-16/h1,3-6,8-11,15,18H,7,12-14H2/t15-,18-/m0/s1. The Morgan fingerprint density at radius 1 is 1.27 bits per heavy atom. The Kier molecular flexibility index (Phi) is 5.59. The first-order chi connectivity index (χ1) is 12.7. The molecule has 6 nitrogen and oxygen atoms in total. The first-order valence-electron chi connectivity index (χ1n) is 8.40. The van der Waals surface area contributed by atoms with Gasteiger partial charge in [-0.05, 0) is 24.3 Å². The summed E-state index contributed by atoms with van der Waals surface area (Å²) in [5, 5.41) is 0. The maximum Gasteiger partial charge on any atom is 0.311 e. The molecule has 3 heterocycles. The summed E-state index contributed by atoms with van der Waals surface area (Å²) in [6, 6.07) is 10.9. The van der Waals surface area contributed by atoms with Crippen LogP contribution in [0.4, 0.5) is 0 Å². The van der Waals surface area contributed by atoms with Crippen LogP contribution in [0, 0.1) is 18.3 Å². The number of hydrogen-bond acceptors (Lipinski definition) is 5. The molecule has 6 heteroatoms. The van der Waals surface area contributed by atoms with Crippen LogP contribution in [0.5, 0.6) is 0 Å². The number of esters is 1. The largest absolute Gasteiger partial charge is 0.455 e. The second-order valence-corrected chi connectivity index (χ2v) is 6.08. The SMILES string of the molecule is C#CC[C@H](OC(=O)[C@H]1CC(=O)N(Cc2ccccn2)C1)c1ccccn1. The van der Waals surface area contributed by atoms with Crippen LogP contribution in [0.1, 0.15) is 30.3 Å². The molecular weight excluding hydrogens is 330 g/mol. The summed E-state index contributed by atoms with van der Waals surface area (Å²) >= 11 is 0. The molecule has 2 aromatic heterocycles. The molecule has 0 saturated carbocycles. The van der Waals surface area contributed by atoms with Crippen molar-refractivity contribution in [3.8, 4) is 12.3 Å². The Hall–Kier alpha value is -3.20. The molecule has 0 N–H and O–H groups in total. The first-order valence-corrected chi connectivity index (χ1v) is 8.40. The highest BCUT2D eigenvalue weighted by molar-refractivity contribution is 5.86. The molecule has 0 bridgehead atoms. The first kappa shape index (κ1) is 17.6. The van der Waals surface area contributed by atoms with Gasteiger partial charge in [0.15, 0.2) is 6.10 Å². The third-order valence-electron chi connectivity index (χ3n) is 4.21. The molecule has 3 rings (SSSR count). The molecule has 1 saturated heterocycles. The maximum atomic E-state index is 12.5. The van der Waals surface area contributed by atoms with E-state index in [1.54, 1.807) is 29.4 Å². The second-order valence-electron chi connectivity index (χ2n) is 6.08. The predicted molar refractivity (Wildman–Crippen MR) is 94.3 cm³/mol. The van der Waals surface area contributed by atoms with Crippen molar-refractivity contribution in [3.05, 3.63) is 60.2 Å². The average Bonchev–Trinajstić information content (AvgIpc) is 3.03. The summed E-state index contributed by atoms with van der Waals surface area (Å²) in [5.74, 6) is 1.50. The minimum absolute atomic E-state index is 0.0797. The minimum Gasteiger partial charge on any atom is -0.455 e. The van der Waals surface area contributed by atoms with E-state index in [-0.39, 0.29) is 18.7 Å². The van der Waals surface area contributed by atoms with E-state index in [1.165, 1.54) is 0 Å². The van der Waals surface area contributed by atoms with Gasteiger partial charge in [0.2, 0.25) is 5.91 Å². The number of amides is 1. The molecule has 26 heavy (non-hydrogen) atoms. The molecule has 1 amide bonds. The highest BCUT2D eigenvalue weighted by Gasteiger charge is 2.36. The van der Waals surface area contributed by atoms with Gasteiger partial charge < -0.3 is 9.64 Å². The highest BCUT2D eigenvalue weighted by Crippen LogP contribution is 2.25. The Balaban J connectivity index is 1.63. The number of nitrogens with zero attached hydrogens (tertiary/aromatic N) is 3. The van der Waals surface area contributed by atoms with Gasteiger partial charge in [-0.1, -0.05) is 12.1 Å². The number of carbonyl (C=O) groups excluding carboxylic acids is 2. The Labute approximate surface area is 152 Å². The zero-order valence-electron chi connectivity index (χ0n) is 14.2. The number of ether oxygens (including phenoxy) is 1. The van der Waals surface area contributed by atoms with Crippen molar-refractivity contribution < 1.29 is 14.3 Å². The van der Waals surface area contributed by atoms with Gasteiger partial charge >= 0.3 is 5.97 Å². The van der Waals surface area contributed by atoms with E-state index < -0.39 is 18.0 Å². The van der Waals surface area contributed by atoms with Crippen LogP contribution in [0.3, 0.4) is 0 Å². The number of aromatic nitrogens is 2. The Morgan fingerprint density at radius 2 is 2.04 bits per heavy atom. The molecule has 2 aromatic rings. The molecule has 0 spiro atoms. The zero-order valence-corrected chi connectivity index (χ0v) is 14.2. The van der Waals surface area contributed by atoms with E-state index in [2.05, 4.69) is 15.9 Å². The molecule has 0 radical (unpaired) electrons. The number of terminal acetylenes is 1. The lowest BCUT2D eigenvalue weighted by Crippen LogP contribution is -2.27. The lowest BCUT2D eigenvalue weighted by Gasteiger charge is -2.18. The molecule has 132 valence electrons. The minimum atomic E-state index is -0.603. The highest BCUT2D eigenvalue weighted by atomic mass is 16.5. The Bertz CT molecular complexity index is 802. The van der Waals surface area contributed by atoms with E-state index in [0.29, 0.717) is 18.8 Å². The second kappa shape index (κ2) is 8.26. The van der Waals surface area contributed by atoms with E-state index in [9.17, 15) is 9.59 Å². The summed E-state index contributed by atoms with van der Waals surface area (Å²) in [6.07, 6.45) is 8.46. The van der Waals surface area contributed by atoms with Crippen molar-refractivity contribution in [3.63, 3.8) is 0 Å². The van der Waals surface area contributed by atoms with Gasteiger partial charge in [0.05, 0.1) is 30.3 Å². The molecule has 2 atom stereocenters. The number of hydrogen-bond donors (Lipinski definition) is 0. The fourth-order valence-electron chi connectivity index (χ4n) is 2.89. The monoisotopic (exact) mass is 349 g/mol. The van der Waals surface area contributed by atoms with Crippen molar-refractivity contribution >= 4 is 11.9 Å². The summed E-state index contributed by atoms with van der Waals surface area (Å²) in [6.45, 7) is 0.705. The van der Waals surface area contributed by atoms with Gasteiger partial charge in [-0.25, -0.2) is 0 Å². The molecule has 0 aromatic carbocycles. The third kappa shape index (κ3) is 4.25. The molecule has 0 aliphatic carbocycles. The summed E-state index contributed by atoms with van der Waals surface area (Å²) in [4.78, 5) is 34.8. The lowest BCUT2D eigenvalue weighted by atomic mass is 10.1. The van der Waals surface area contributed by atoms with Crippen LogP contribution in [-0.4, -0.2) is 33.3 Å². The number of likely N-dealkylation sites (tertiary alicyclic amines) is 1. The van der Waals surface area contributed by atoms with Gasteiger partial charge in [-0.2, -0.15) is 0 Å². The fourth-order valence-corrected chi connectivity index (χ4v) is 2.89. The van der Waals surface area contributed by atoms with Crippen LogP contribution in [0.2, 0.25) is 0 Å². The normalized spacial score (nSPS) is 17.6. The smallest absolute Gasteiger partial charge is 0.311 e. The van der Waals surface area contributed by atoms with E-state index in [4.69, 9.17) is 11.2 Å². The topological polar surface area (TPSA) is 72.4 Å². The molecular formula is C20H19N3O3. The zero-order chi connectivity index (χ0) is 18.4. The Morgan fingerprint density at radius 3 is 2.69 bits per heavy atom. The third-order valence-corrected chi connectivity index (χ3v) is 4.21. The van der Waals surface area contributed by atoms with Crippen LogP contribution in [-0.2, 0) is 20.9 Å². The van der Waals surface area contributed by atoms with Crippen molar-refractivity contribution in [2.45, 2.75) is 25.5 Å². The number of rotatable bonds is 6. The van der Waals surface area contributed by atoms with E-state index in [1.807, 2.05) is 24.3 Å². The maximum absolute atomic E-state index is 12.5. The van der Waals surface area contributed by atoms with Crippen molar-refractivity contribution in [1.82, 2.24) is 14.9 Å². The van der Waals surface area contributed by atoms with Crippen LogP contribution in [0.25, 0.3) is 0 Å². The molecule has 0 unspecified atom stereocenters. The van der Waals surface area contributed by atoms with Crippen LogP contribution in [0.15, 0.2) is 48.8 Å². The van der Waals surface area contributed by atoms with Gasteiger partial charge in [0.25, 0.3) is 0 Å². The van der Waals surface area contributed by atoms with Crippen LogP contribution < -0.4 is 0 Å².